The first kappa shape index (κ1) is 15.8. The van der Waals surface area contributed by atoms with Crippen molar-refractivity contribution in [3.63, 3.8) is 0 Å². The Balaban J connectivity index is 2.89. The predicted molar refractivity (Wildman–Crippen MR) is 72.9 cm³/mol. The van der Waals surface area contributed by atoms with Crippen LogP contribution in [0.2, 0.25) is 0 Å². The normalized spacial score (nSPS) is 19.6. The molecule has 110 valence electrons. The van der Waals surface area contributed by atoms with Gasteiger partial charge in [0, 0.05) is 19.2 Å². The molecular formula is C13H25N3O3. The van der Waals surface area contributed by atoms with E-state index >= 15 is 0 Å². The van der Waals surface area contributed by atoms with Gasteiger partial charge in [-0.3, -0.25) is 4.79 Å². The Kier molecular flexibility index (Phi) is 5.60. The highest BCUT2D eigenvalue weighted by atomic mass is 16.4. The second-order valence-corrected chi connectivity index (χ2v) is 5.33. The number of hydrogen-bond acceptors (Lipinski definition) is 4. The van der Waals surface area contributed by atoms with Crippen LogP contribution in [-0.4, -0.2) is 46.1 Å². The molecule has 1 unspecified atom stereocenters. The number of hydrogen-bond donors (Lipinski definition) is 3. The maximum Gasteiger partial charge on any atom is 0.236 e. The van der Waals surface area contributed by atoms with E-state index in [0.29, 0.717) is 19.4 Å². The van der Waals surface area contributed by atoms with Gasteiger partial charge in [0.2, 0.25) is 5.91 Å². The monoisotopic (exact) mass is 271 g/mol. The zero-order valence-electron chi connectivity index (χ0n) is 11.8. The van der Waals surface area contributed by atoms with Crippen LogP contribution in [0.25, 0.3) is 0 Å². The first-order chi connectivity index (χ1) is 9.01. The molecular weight excluding hydrogens is 246 g/mol. The van der Waals surface area contributed by atoms with Gasteiger partial charge in [-0.1, -0.05) is 12.1 Å². The molecule has 6 heteroatoms. The van der Waals surface area contributed by atoms with Gasteiger partial charge in [-0.05, 0) is 39.0 Å². The molecule has 0 spiro atoms. The molecule has 1 atom stereocenters. The number of nitrogens with two attached hydrogens (primary N) is 1. The zero-order chi connectivity index (χ0) is 14.5. The molecule has 1 aliphatic rings. The van der Waals surface area contributed by atoms with Crippen molar-refractivity contribution in [2.24, 2.45) is 16.3 Å². The van der Waals surface area contributed by atoms with Gasteiger partial charge in [-0.25, -0.2) is 0 Å². The van der Waals surface area contributed by atoms with Crippen LogP contribution in [0.5, 0.6) is 0 Å². The Morgan fingerprint density at radius 1 is 1.53 bits per heavy atom. The Hall–Kier alpha value is -1.30. The predicted octanol–water partition coefficient (Wildman–Crippen LogP) is 0.913. The number of aliphatic hydroxyl groups is 1. The molecule has 0 aliphatic heterocycles. The molecule has 0 heterocycles. The third-order valence-corrected chi connectivity index (χ3v) is 4.19. The van der Waals surface area contributed by atoms with Crippen molar-refractivity contribution in [2.75, 3.05) is 13.2 Å². The van der Waals surface area contributed by atoms with Crippen molar-refractivity contribution < 1.29 is 15.1 Å². The lowest BCUT2D eigenvalue weighted by Gasteiger charge is -2.42. The van der Waals surface area contributed by atoms with Gasteiger partial charge >= 0.3 is 0 Å². The zero-order valence-corrected chi connectivity index (χ0v) is 11.8. The number of amides is 1. The molecule has 6 nitrogen and oxygen atoms in total. The van der Waals surface area contributed by atoms with E-state index in [4.69, 9.17) is 16.0 Å². The Morgan fingerprint density at radius 2 is 2.16 bits per heavy atom. The molecule has 0 bridgehead atoms. The highest BCUT2D eigenvalue weighted by Gasteiger charge is 2.42. The highest BCUT2D eigenvalue weighted by Crippen LogP contribution is 2.31. The van der Waals surface area contributed by atoms with Crippen LogP contribution < -0.4 is 5.73 Å². The van der Waals surface area contributed by atoms with Gasteiger partial charge in [0.05, 0.1) is 0 Å². The number of rotatable bonds is 7. The molecule has 0 aromatic rings. The van der Waals surface area contributed by atoms with Crippen molar-refractivity contribution in [3.8, 4) is 0 Å². The van der Waals surface area contributed by atoms with E-state index < -0.39 is 5.41 Å². The second kappa shape index (κ2) is 6.75. The number of carbonyl (C=O) groups excluding carboxylic acids is 1. The van der Waals surface area contributed by atoms with E-state index in [1.165, 1.54) is 0 Å². The molecule has 4 N–H and O–H groups in total. The van der Waals surface area contributed by atoms with Crippen LogP contribution in [0, 0.1) is 5.41 Å². The van der Waals surface area contributed by atoms with Gasteiger partial charge in [0.1, 0.15) is 5.41 Å². The van der Waals surface area contributed by atoms with E-state index in [-0.39, 0.29) is 24.4 Å². The lowest BCUT2D eigenvalue weighted by Crippen LogP contribution is -2.54. The molecule has 1 saturated carbocycles. The van der Waals surface area contributed by atoms with Gasteiger partial charge in [-0.15, -0.1) is 0 Å². The summed E-state index contributed by atoms with van der Waals surface area (Å²) in [5.41, 5.74) is 4.72. The third kappa shape index (κ3) is 3.18. The molecule has 0 aromatic carbocycles. The number of nitrogens with zero attached hydrogens (tertiary/aromatic N) is 2. The van der Waals surface area contributed by atoms with Crippen molar-refractivity contribution in [1.82, 2.24) is 4.90 Å². The second-order valence-electron chi connectivity index (χ2n) is 5.33. The van der Waals surface area contributed by atoms with Gasteiger partial charge in [0.25, 0.3) is 0 Å². The van der Waals surface area contributed by atoms with E-state index in [0.717, 1.165) is 19.3 Å². The molecule has 0 aromatic heterocycles. The maximum atomic E-state index is 12.7. The number of carbonyl (C=O) groups is 1. The molecule has 0 radical (unpaired) electrons. The van der Waals surface area contributed by atoms with Gasteiger partial charge < -0.3 is 20.9 Å². The molecule has 19 heavy (non-hydrogen) atoms. The Morgan fingerprint density at radius 3 is 2.53 bits per heavy atom. The van der Waals surface area contributed by atoms with Crippen molar-refractivity contribution in [2.45, 2.75) is 52.0 Å². The van der Waals surface area contributed by atoms with Crippen LogP contribution in [0.1, 0.15) is 46.0 Å². The smallest absolute Gasteiger partial charge is 0.236 e. The minimum atomic E-state index is -0.972. The maximum absolute atomic E-state index is 12.7. The topological polar surface area (TPSA) is 99.2 Å². The fourth-order valence-electron chi connectivity index (χ4n) is 2.26. The number of amidine groups is 1. The SMILES string of the molecule is CCC(C)(C(=O)N(CCCO)C1CCC1)C(N)=NO. The summed E-state index contributed by atoms with van der Waals surface area (Å²) < 4.78 is 0. The van der Waals surface area contributed by atoms with Gasteiger partial charge in [0.15, 0.2) is 5.84 Å². The third-order valence-electron chi connectivity index (χ3n) is 4.19. The Bertz CT molecular complexity index is 342. The standard InChI is InChI=1S/C13H25N3O3/c1-3-13(2,11(14)15-19)12(18)16(8-5-9-17)10-6-4-7-10/h10,17,19H,3-9H2,1-2H3,(H2,14,15). The average Bonchev–Trinajstić information content (AvgIpc) is 2.38. The molecule has 1 fully saturated rings. The molecule has 1 rings (SSSR count). The fourth-order valence-corrected chi connectivity index (χ4v) is 2.26. The minimum Gasteiger partial charge on any atom is -0.409 e. The van der Waals surface area contributed by atoms with E-state index in [2.05, 4.69) is 5.16 Å². The molecule has 0 saturated heterocycles. The van der Waals surface area contributed by atoms with Crippen molar-refractivity contribution in [3.05, 3.63) is 0 Å². The van der Waals surface area contributed by atoms with Crippen LogP contribution >= 0.6 is 0 Å². The summed E-state index contributed by atoms with van der Waals surface area (Å²) in [6, 6.07) is 0.233. The summed E-state index contributed by atoms with van der Waals surface area (Å²) in [5.74, 6) is -0.156. The van der Waals surface area contributed by atoms with Crippen LogP contribution in [0.3, 0.4) is 0 Å². The summed E-state index contributed by atoms with van der Waals surface area (Å²) >= 11 is 0. The quantitative estimate of drug-likeness (QED) is 0.277. The average molecular weight is 271 g/mol. The first-order valence-electron chi connectivity index (χ1n) is 6.91. The molecule has 1 aliphatic carbocycles. The summed E-state index contributed by atoms with van der Waals surface area (Å²) in [7, 11) is 0. The first-order valence-corrected chi connectivity index (χ1v) is 6.91. The summed E-state index contributed by atoms with van der Waals surface area (Å²) in [5, 5.41) is 20.8. The van der Waals surface area contributed by atoms with E-state index in [9.17, 15) is 4.79 Å². The van der Waals surface area contributed by atoms with Gasteiger partial charge in [-0.2, -0.15) is 0 Å². The largest absolute Gasteiger partial charge is 0.409 e. The Labute approximate surface area is 114 Å². The molecule has 1 amide bonds. The van der Waals surface area contributed by atoms with Crippen LogP contribution in [0.4, 0.5) is 0 Å². The highest BCUT2D eigenvalue weighted by molar-refractivity contribution is 6.06. The van der Waals surface area contributed by atoms with E-state index in [1.807, 2.05) is 6.92 Å². The van der Waals surface area contributed by atoms with Crippen molar-refractivity contribution in [1.29, 1.82) is 0 Å². The fraction of sp³-hybridized carbons (Fsp3) is 0.846. The van der Waals surface area contributed by atoms with Crippen LogP contribution in [0.15, 0.2) is 5.16 Å². The lowest BCUT2D eigenvalue weighted by atomic mass is 9.82. The summed E-state index contributed by atoms with van der Waals surface area (Å²) in [4.78, 5) is 14.5. The summed E-state index contributed by atoms with van der Waals surface area (Å²) in [6.07, 6.45) is 4.14. The minimum absolute atomic E-state index is 0.0479. The number of oxime groups is 1. The van der Waals surface area contributed by atoms with E-state index in [1.54, 1.807) is 11.8 Å². The summed E-state index contributed by atoms with van der Waals surface area (Å²) in [6.45, 7) is 4.13. The van der Waals surface area contributed by atoms with Crippen molar-refractivity contribution >= 4 is 11.7 Å². The van der Waals surface area contributed by atoms with Crippen LogP contribution in [-0.2, 0) is 4.79 Å². The number of aliphatic hydroxyl groups excluding tert-OH is 1. The lowest BCUT2D eigenvalue weighted by molar-refractivity contribution is -0.142.